The van der Waals surface area contributed by atoms with Crippen LogP contribution < -0.4 is 5.73 Å². The van der Waals surface area contributed by atoms with Crippen molar-refractivity contribution >= 4 is 5.91 Å². The summed E-state index contributed by atoms with van der Waals surface area (Å²) in [6.45, 7) is 7.46. The monoisotopic (exact) mass is 227 g/mol. The van der Waals surface area contributed by atoms with Crippen LogP contribution in [0.5, 0.6) is 0 Å². The highest BCUT2D eigenvalue weighted by molar-refractivity contribution is 5.79. The molecule has 0 radical (unpaired) electrons. The number of likely N-dealkylation sites (N-methyl/N-ethyl adjacent to an activating group) is 2. The van der Waals surface area contributed by atoms with Gasteiger partial charge in [-0.2, -0.15) is 0 Å². The van der Waals surface area contributed by atoms with Gasteiger partial charge in [0.2, 0.25) is 5.91 Å². The smallest absolute Gasteiger partial charge is 0.234 e. The SMILES string of the molecule is CCC(C(N)=O)N(C)CC1CCCN1CC. The number of hydrogen-bond donors (Lipinski definition) is 1. The first-order valence-electron chi connectivity index (χ1n) is 6.33. The third kappa shape index (κ3) is 3.19. The highest BCUT2D eigenvalue weighted by Gasteiger charge is 2.27. The standard InChI is InChI=1S/C12H25N3O/c1-4-11(12(13)16)14(3)9-10-7-6-8-15(10)5-2/h10-11H,4-9H2,1-3H3,(H2,13,16). The Balaban J connectivity index is 2.49. The lowest BCUT2D eigenvalue weighted by Gasteiger charge is -2.31. The lowest BCUT2D eigenvalue weighted by atomic mass is 10.1. The van der Waals surface area contributed by atoms with E-state index in [-0.39, 0.29) is 11.9 Å². The Hall–Kier alpha value is -0.610. The van der Waals surface area contributed by atoms with Crippen LogP contribution >= 0.6 is 0 Å². The van der Waals surface area contributed by atoms with Crippen LogP contribution in [0.15, 0.2) is 0 Å². The summed E-state index contributed by atoms with van der Waals surface area (Å²) < 4.78 is 0. The summed E-state index contributed by atoms with van der Waals surface area (Å²) in [5.41, 5.74) is 5.40. The minimum absolute atomic E-state index is 0.112. The summed E-state index contributed by atoms with van der Waals surface area (Å²) in [5.74, 6) is -0.203. The first-order chi connectivity index (χ1) is 7.60. The van der Waals surface area contributed by atoms with Gasteiger partial charge in [0.25, 0.3) is 0 Å². The number of carbonyl (C=O) groups excluding carboxylic acids is 1. The number of likely N-dealkylation sites (tertiary alicyclic amines) is 1. The maximum Gasteiger partial charge on any atom is 0.234 e. The first kappa shape index (κ1) is 13.5. The molecule has 1 rings (SSSR count). The normalized spacial score (nSPS) is 23.9. The fourth-order valence-electron chi connectivity index (χ4n) is 2.71. The van der Waals surface area contributed by atoms with E-state index in [1.54, 1.807) is 0 Å². The molecule has 1 fully saturated rings. The number of nitrogens with two attached hydrogens (primary N) is 1. The third-order valence-electron chi connectivity index (χ3n) is 3.65. The van der Waals surface area contributed by atoms with E-state index in [4.69, 9.17) is 5.73 Å². The molecule has 0 aliphatic carbocycles. The van der Waals surface area contributed by atoms with Crippen molar-refractivity contribution in [1.82, 2.24) is 9.80 Å². The van der Waals surface area contributed by atoms with Crippen molar-refractivity contribution < 1.29 is 4.79 Å². The van der Waals surface area contributed by atoms with Gasteiger partial charge >= 0.3 is 0 Å². The van der Waals surface area contributed by atoms with Crippen LogP contribution in [0.3, 0.4) is 0 Å². The van der Waals surface area contributed by atoms with Gasteiger partial charge in [-0.15, -0.1) is 0 Å². The number of rotatable bonds is 6. The number of carbonyl (C=O) groups is 1. The minimum atomic E-state index is -0.203. The van der Waals surface area contributed by atoms with Gasteiger partial charge in [-0.3, -0.25) is 14.6 Å². The molecule has 16 heavy (non-hydrogen) atoms. The van der Waals surface area contributed by atoms with Crippen molar-refractivity contribution in [2.45, 2.75) is 45.2 Å². The van der Waals surface area contributed by atoms with E-state index in [0.29, 0.717) is 6.04 Å². The van der Waals surface area contributed by atoms with Crippen LogP contribution in [0, 0.1) is 0 Å². The Kier molecular flexibility index (Phi) is 5.22. The van der Waals surface area contributed by atoms with Crippen LogP contribution in [-0.2, 0) is 4.79 Å². The van der Waals surface area contributed by atoms with Crippen LogP contribution in [0.25, 0.3) is 0 Å². The summed E-state index contributed by atoms with van der Waals surface area (Å²) in [7, 11) is 2.01. The molecular weight excluding hydrogens is 202 g/mol. The molecule has 1 heterocycles. The Morgan fingerprint density at radius 3 is 2.75 bits per heavy atom. The van der Waals surface area contributed by atoms with Gasteiger partial charge in [-0.05, 0) is 39.4 Å². The lowest BCUT2D eigenvalue weighted by molar-refractivity contribution is -0.123. The maximum atomic E-state index is 11.3. The summed E-state index contributed by atoms with van der Waals surface area (Å²) in [5, 5.41) is 0. The maximum absolute atomic E-state index is 11.3. The molecule has 4 nitrogen and oxygen atoms in total. The summed E-state index contributed by atoms with van der Waals surface area (Å²) in [6, 6.07) is 0.489. The molecule has 0 aromatic carbocycles. The van der Waals surface area contributed by atoms with Gasteiger partial charge in [0, 0.05) is 12.6 Å². The van der Waals surface area contributed by atoms with E-state index in [9.17, 15) is 4.79 Å². The molecule has 0 aromatic rings. The molecule has 0 bridgehead atoms. The Labute approximate surface area is 98.8 Å². The number of primary amides is 1. The Morgan fingerprint density at radius 2 is 2.25 bits per heavy atom. The number of amides is 1. The number of hydrogen-bond acceptors (Lipinski definition) is 3. The molecule has 2 atom stereocenters. The van der Waals surface area contributed by atoms with Gasteiger partial charge in [0.1, 0.15) is 0 Å². The van der Waals surface area contributed by atoms with E-state index >= 15 is 0 Å². The zero-order valence-corrected chi connectivity index (χ0v) is 10.8. The van der Waals surface area contributed by atoms with Gasteiger partial charge in [-0.1, -0.05) is 13.8 Å². The van der Waals surface area contributed by atoms with Gasteiger partial charge in [-0.25, -0.2) is 0 Å². The van der Waals surface area contributed by atoms with Crippen molar-refractivity contribution in [1.29, 1.82) is 0 Å². The highest BCUT2D eigenvalue weighted by Crippen LogP contribution is 2.18. The van der Waals surface area contributed by atoms with Crippen LogP contribution in [0.4, 0.5) is 0 Å². The molecule has 1 amide bonds. The van der Waals surface area contributed by atoms with Crippen LogP contribution in [0.2, 0.25) is 0 Å². The predicted octanol–water partition coefficient (Wildman–Crippen LogP) is 0.666. The number of nitrogens with zero attached hydrogens (tertiary/aromatic N) is 2. The van der Waals surface area contributed by atoms with Gasteiger partial charge in [0.15, 0.2) is 0 Å². The van der Waals surface area contributed by atoms with E-state index < -0.39 is 0 Å². The van der Waals surface area contributed by atoms with Gasteiger partial charge in [0.05, 0.1) is 6.04 Å². The molecule has 1 aliphatic heterocycles. The van der Waals surface area contributed by atoms with E-state index in [1.165, 1.54) is 19.4 Å². The third-order valence-corrected chi connectivity index (χ3v) is 3.65. The van der Waals surface area contributed by atoms with Crippen molar-refractivity contribution in [3.8, 4) is 0 Å². The van der Waals surface area contributed by atoms with Crippen LogP contribution in [-0.4, -0.2) is 54.5 Å². The van der Waals surface area contributed by atoms with Gasteiger partial charge < -0.3 is 5.73 Å². The zero-order chi connectivity index (χ0) is 12.1. The predicted molar refractivity (Wildman–Crippen MR) is 66.2 cm³/mol. The minimum Gasteiger partial charge on any atom is -0.368 e. The van der Waals surface area contributed by atoms with E-state index in [1.807, 2.05) is 14.0 Å². The second-order valence-corrected chi connectivity index (χ2v) is 4.69. The van der Waals surface area contributed by atoms with E-state index in [0.717, 1.165) is 19.5 Å². The molecule has 0 aromatic heterocycles. The van der Waals surface area contributed by atoms with Crippen molar-refractivity contribution in [2.24, 2.45) is 5.73 Å². The molecule has 0 spiro atoms. The van der Waals surface area contributed by atoms with E-state index in [2.05, 4.69) is 16.7 Å². The molecule has 2 N–H and O–H groups in total. The second kappa shape index (κ2) is 6.21. The highest BCUT2D eigenvalue weighted by atomic mass is 16.1. The molecule has 1 saturated heterocycles. The summed E-state index contributed by atoms with van der Waals surface area (Å²) in [6.07, 6.45) is 3.32. The first-order valence-corrected chi connectivity index (χ1v) is 6.33. The summed E-state index contributed by atoms with van der Waals surface area (Å²) in [4.78, 5) is 15.9. The summed E-state index contributed by atoms with van der Waals surface area (Å²) >= 11 is 0. The quantitative estimate of drug-likeness (QED) is 0.725. The fourth-order valence-corrected chi connectivity index (χ4v) is 2.71. The lowest BCUT2D eigenvalue weighted by Crippen LogP contribution is -2.47. The molecule has 94 valence electrons. The fraction of sp³-hybridized carbons (Fsp3) is 0.917. The molecule has 4 heteroatoms. The molecule has 0 saturated carbocycles. The largest absolute Gasteiger partial charge is 0.368 e. The average molecular weight is 227 g/mol. The Bertz CT molecular complexity index is 232. The Morgan fingerprint density at radius 1 is 1.56 bits per heavy atom. The van der Waals surface area contributed by atoms with Crippen molar-refractivity contribution in [2.75, 3.05) is 26.7 Å². The zero-order valence-electron chi connectivity index (χ0n) is 10.8. The average Bonchev–Trinajstić information content (AvgIpc) is 2.65. The second-order valence-electron chi connectivity index (χ2n) is 4.69. The topological polar surface area (TPSA) is 49.6 Å². The molecular formula is C12H25N3O. The van der Waals surface area contributed by atoms with Crippen molar-refractivity contribution in [3.63, 3.8) is 0 Å². The molecule has 2 unspecified atom stereocenters. The van der Waals surface area contributed by atoms with Crippen molar-refractivity contribution in [3.05, 3.63) is 0 Å². The van der Waals surface area contributed by atoms with Crippen LogP contribution in [0.1, 0.15) is 33.1 Å². The molecule has 1 aliphatic rings.